The highest BCUT2D eigenvalue weighted by atomic mass is 16.5. The third-order valence-electron chi connectivity index (χ3n) is 7.35. The predicted octanol–water partition coefficient (Wildman–Crippen LogP) is 8.92. The van der Waals surface area contributed by atoms with E-state index >= 15 is 0 Å². The summed E-state index contributed by atoms with van der Waals surface area (Å²) in [6.07, 6.45) is 9.41. The summed E-state index contributed by atoms with van der Waals surface area (Å²) in [5, 5.41) is 0. The number of hydrogen-bond donors (Lipinski definition) is 0. The first-order valence-electron chi connectivity index (χ1n) is 13.2. The highest BCUT2D eigenvalue weighted by molar-refractivity contribution is 5.73. The Morgan fingerprint density at radius 1 is 0.839 bits per heavy atom. The fourth-order valence-electron chi connectivity index (χ4n) is 6.06. The Hall–Kier alpha value is -0.530. The monoisotopic (exact) mass is 436 g/mol. The van der Waals surface area contributed by atoms with E-state index in [9.17, 15) is 4.79 Å². The molecule has 1 aliphatic rings. The maximum atomic E-state index is 13.2. The smallest absolute Gasteiger partial charge is 0.309 e. The summed E-state index contributed by atoms with van der Waals surface area (Å²) < 4.78 is 6.10. The summed E-state index contributed by atoms with van der Waals surface area (Å²) >= 11 is 0. The molecule has 31 heavy (non-hydrogen) atoms. The van der Waals surface area contributed by atoms with Crippen LogP contribution in [0.4, 0.5) is 0 Å². The van der Waals surface area contributed by atoms with Crippen molar-refractivity contribution in [2.24, 2.45) is 45.8 Å². The van der Waals surface area contributed by atoms with Crippen LogP contribution in [0.2, 0.25) is 0 Å². The lowest BCUT2D eigenvalue weighted by atomic mass is 9.66. The maximum absolute atomic E-state index is 13.2. The molecule has 1 aliphatic carbocycles. The van der Waals surface area contributed by atoms with Crippen LogP contribution in [0.25, 0.3) is 0 Å². The Kier molecular flexibility index (Phi) is 10.6. The standard InChI is InChI=1S/C29H56O2/c1-21(18-27(3,4)5)16-17-23(22(2)19-28(6,7)8)20-31-26(30)24-14-12-13-15-25(24)29(9,10)11/h21-25H,12-20H2,1-11H3. The minimum absolute atomic E-state index is 0.0790. The molecule has 0 aliphatic heterocycles. The van der Waals surface area contributed by atoms with Crippen LogP contribution in [0.5, 0.6) is 0 Å². The summed E-state index contributed by atoms with van der Waals surface area (Å²) in [6.45, 7) is 26.2. The third kappa shape index (κ3) is 11.2. The Bertz CT molecular complexity index is 528. The molecule has 5 unspecified atom stereocenters. The molecule has 0 amide bonds. The van der Waals surface area contributed by atoms with Gasteiger partial charge in [0.2, 0.25) is 0 Å². The van der Waals surface area contributed by atoms with Crippen molar-refractivity contribution >= 4 is 5.97 Å². The molecule has 0 bridgehead atoms. The minimum Gasteiger partial charge on any atom is -0.465 e. The highest BCUT2D eigenvalue weighted by Crippen LogP contribution is 2.42. The first kappa shape index (κ1) is 28.5. The van der Waals surface area contributed by atoms with Gasteiger partial charge in [0, 0.05) is 0 Å². The van der Waals surface area contributed by atoms with E-state index in [0.29, 0.717) is 41.1 Å². The molecule has 0 saturated heterocycles. The Morgan fingerprint density at radius 2 is 1.39 bits per heavy atom. The molecule has 0 aromatic carbocycles. The summed E-state index contributed by atoms with van der Waals surface area (Å²) in [5.41, 5.74) is 0.853. The Morgan fingerprint density at radius 3 is 1.90 bits per heavy atom. The van der Waals surface area contributed by atoms with Gasteiger partial charge in [0.15, 0.2) is 0 Å². The number of carbonyl (C=O) groups is 1. The number of carbonyl (C=O) groups excluding carboxylic acids is 1. The molecule has 0 radical (unpaired) electrons. The molecule has 2 heteroatoms. The van der Waals surface area contributed by atoms with Gasteiger partial charge >= 0.3 is 5.97 Å². The lowest BCUT2D eigenvalue weighted by Crippen LogP contribution is -2.37. The molecule has 0 spiro atoms. The summed E-state index contributed by atoms with van der Waals surface area (Å²) in [7, 11) is 0. The second-order valence-electron chi connectivity index (χ2n) is 14.4. The van der Waals surface area contributed by atoms with Crippen LogP contribution in [0.15, 0.2) is 0 Å². The van der Waals surface area contributed by atoms with Gasteiger partial charge in [-0.05, 0) is 72.0 Å². The first-order chi connectivity index (χ1) is 14.0. The number of hydrogen-bond acceptors (Lipinski definition) is 2. The van der Waals surface area contributed by atoms with E-state index in [0.717, 1.165) is 19.3 Å². The van der Waals surface area contributed by atoms with Gasteiger partial charge in [-0.1, -0.05) is 95.4 Å². The van der Waals surface area contributed by atoms with E-state index in [1.807, 2.05) is 0 Å². The van der Waals surface area contributed by atoms with Crippen molar-refractivity contribution in [3.05, 3.63) is 0 Å². The average molecular weight is 437 g/mol. The topological polar surface area (TPSA) is 26.3 Å². The summed E-state index contributed by atoms with van der Waals surface area (Å²) in [6, 6.07) is 0. The predicted molar refractivity (Wildman–Crippen MR) is 135 cm³/mol. The van der Waals surface area contributed by atoms with Crippen LogP contribution in [0, 0.1) is 45.8 Å². The van der Waals surface area contributed by atoms with E-state index in [1.165, 1.54) is 32.1 Å². The van der Waals surface area contributed by atoms with Gasteiger partial charge in [-0.15, -0.1) is 0 Å². The van der Waals surface area contributed by atoms with Gasteiger partial charge in [-0.25, -0.2) is 0 Å². The number of ether oxygens (including phenoxy) is 1. The van der Waals surface area contributed by atoms with Crippen molar-refractivity contribution < 1.29 is 9.53 Å². The maximum Gasteiger partial charge on any atom is 0.309 e. The lowest BCUT2D eigenvalue weighted by molar-refractivity contribution is -0.156. The fraction of sp³-hybridized carbons (Fsp3) is 0.966. The number of rotatable bonds is 9. The van der Waals surface area contributed by atoms with Gasteiger partial charge in [0.1, 0.15) is 0 Å². The van der Waals surface area contributed by atoms with Crippen molar-refractivity contribution in [1.29, 1.82) is 0 Å². The quantitative estimate of drug-likeness (QED) is 0.337. The molecule has 184 valence electrons. The van der Waals surface area contributed by atoms with Crippen LogP contribution in [-0.4, -0.2) is 12.6 Å². The van der Waals surface area contributed by atoms with Crippen LogP contribution < -0.4 is 0 Å². The minimum atomic E-state index is 0.0790. The van der Waals surface area contributed by atoms with Crippen molar-refractivity contribution in [3.63, 3.8) is 0 Å². The van der Waals surface area contributed by atoms with E-state index < -0.39 is 0 Å². The normalized spacial score (nSPS) is 23.8. The van der Waals surface area contributed by atoms with Gasteiger partial charge < -0.3 is 4.74 Å². The van der Waals surface area contributed by atoms with Crippen molar-refractivity contribution in [1.82, 2.24) is 0 Å². The van der Waals surface area contributed by atoms with E-state index in [2.05, 4.69) is 76.2 Å². The third-order valence-corrected chi connectivity index (χ3v) is 7.35. The van der Waals surface area contributed by atoms with Gasteiger partial charge in [-0.2, -0.15) is 0 Å². The Labute approximate surface area is 195 Å². The highest BCUT2D eigenvalue weighted by Gasteiger charge is 2.39. The molecule has 1 rings (SSSR count). The molecular formula is C29H56O2. The van der Waals surface area contributed by atoms with Crippen LogP contribution in [-0.2, 0) is 9.53 Å². The van der Waals surface area contributed by atoms with E-state index in [4.69, 9.17) is 4.74 Å². The second-order valence-corrected chi connectivity index (χ2v) is 14.4. The van der Waals surface area contributed by atoms with Crippen LogP contribution >= 0.6 is 0 Å². The zero-order chi connectivity index (χ0) is 24.0. The second kappa shape index (κ2) is 11.6. The van der Waals surface area contributed by atoms with Crippen LogP contribution in [0.1, 0.15) is 128 Å². The zero-order valence-electron chi connectivity index (χ0n) is 23.1. The molecule has 1 saturated carbocycles. The Balaban J connectivity index is 2.78. The number of esters is 1. The average Bonchev–Trinajstić information content (AvgIpc) is 2.57. The SMILES string of the molecule is CC(CCC(COC(=O)C1CCCCC1C(C)(C)C)C(C)CC(C)(C)C)CC(C)(C)C. The molecule has 0 heterocycles. The molecular weight excluding hydrogens is 380 g/mol. The van der Waals surface area contributed by atoms with E-state index in [-0.39, 0.29) is 17.3 Å². The largest absolute Gasteiger partial charge is 0.465 e. The lowest BCUT2D eigenvalue weighted by Gasteiger charge is -2.39. The molecule has 0 N–H and O–H groups in total. The fourth-order valence-corrected chi connectivity index (χ4v) is 6.06. The van der Waals surface area contributed by atoms with Crippen LogP contribution in [0.3, 0.4) is 0 Å². The summed E-state index contributed by atoms with van der Waals surface area (Å²) in [4.78, 5) is 13.2. The zero-order valence-corrected chi connectivity index (χ0v) is 23.1. The van der Waals surface area contributed by atoms with Crippen molar-refractivity contribution in [2.75, 3.05) is 6.61 Å². The van der Waals surface area contributed by atoms with Crippen molar-refractivity contribution in [3.8, 4) is 0 Å². The first-order valence-corrected chi connectivity index (χ1v) is 13.2. The molecule has 2 nitrogen and oxygen atoms in total. The van der Waals surface area contributed by atoms with Crippen molar-refractivity contribution in [2.45, 2.75) is 128 Å². The molecule has 0 aromatic rings. The molecule has 5 atom stereocenters. The molecule has 0 aromatic heterocycles. The van der Waals surface area contributed by atoms with E-state index in [1.54, 1.807) is 0 Å². The van der Waals surface area contributed by atoms with Gasteiger partial charge in [0.25, 0.3) is 0 Å². The summed E-state index contributed by atoms with van der Waals surface area (Å²) in [5.74, 6) is 2.36. The molecule has 1 fully saturated rings. The van der Waals surface area contributed by atoms with Gasteiger partial charge in [-0.3, -0.25) is 4.79 Å². The van der Waals surface area contributed by atoms with Gasteiger partial charge in [0.05, 0.1) is 12.5 Å².